The predicted octanol–water partition coefficient (Wildman–Crippen LogP) is 3.26. The van der Waals surface area contributed by atoms with Crippen molar-refractivity contribution in [1.29, 1.82) is 0 Å². The molecule has 1 amide bonds. The number of carbonyl (C=O) groups is 1. The molecule has 2 unspecified atom stereocenters. The zero-order valence-electron chi connectivity index (χ0n) is 19.0. The number of halogens is 1. The van der Waals surface area contributed by atoms with E-state index < -0.39 is 47.7 Å². The molecule has 2 heterocycles. The molecule has 3 fully saturated rings. The SMILES string of the molecule is COC1(C)O[C@@H]2[C@@H](C#CCCF)C3(CC3)N(C(=O)OC(C)(C)C)C[C@H]2OC1(C)OC. The predicted molar refractivity (Wildman–Crippen MR) is 107 cm³/mol. The fraction of sp³-hybridized carbons (Fsp3) is 0.864. The molecule has 8 heteroatoms. The average molecular weight is 428 g/mol. The van der Waals surface area contributed by atoms with Gasteiger partial charge in [-0.25, -0.2) is 4.79 Å². The zero-order chi connectivity index (χ0) is 22.4. The van der Waals surface area contributed by atoms with Gasteiger partial charge in [0.1, 0.15) is 24.5 Å². The largest absolute Gasteiger partial charge is 0.444 e. The minimum absolute atomic E-state index is 0.134. The van der Waals surface area contributed by atoms with Crippen LogP contribution in [0.15, 0.2) is 0 Å². The van der Waals surface area contributed by atoms with Crippen LogP contribution in [-0.4, -0.2) is 73.4 Å². The van der Waals surface area contributed by atoms with Crippen molar-refractivity contribution in [3.63, 3.8) is 0 Å². The average Bonchev–Trinajstić information content (AvgIpc) is 3.45. The number of likely N-dealkylation sites (tertiary alicyclic amines) is 1. The van der Waals surface area contributed by atoms with Crippen LogP contribution < -0.4 is 0 Å². The van der Waals surface area contributed by atoms with Gasteiger partial charge in [0.15, 0.2) is 0 Å². The second-order valence-electron chi connectivity index (χ2n) is 9.47. The minimum Gasteiger partial charge on any atom is -0.444 e. The van der Waals surface area contributed by atoms with Crippen molar-refractivity contribution in [2.45, 2.75) is 88.8 Å². The number of alkyl halides is 1. The van der Waals surface area contributed by atoms with Gasteiger partial charge in [-0.2, -0.15) is 0 Å². The van der Waals surface area contributed by atoms with Crippen molar-refractivity contribution in [2.24, 2.45) is 5.92 Å². The van der Waals surface area contributed by atoms with Gasteiger partial charge in [0, 0.05) is 20.6 Å². The van der Waals surface area contributed by atoms with Crippen LogP contribution in [0.3, 0.4) is 0 Å². The summed E-state index contributed by atoms with van der Waals surface area (Å²) in [7, 11) is 3.06. The maximum Gasteiger partial charge on any atom is 0.410 e. The monoisotopic (exact) mass is 427 g/mol. The number of nitrogens with zero attached hydrogens (tertiary/aromatic N) is 1. The molecule has 5 atom stereocenters. The summed E-state index contributed by atoms with van der Waals surface area (Å²) >= 11 is 0. The molecule has 0 aromatic carbocycles. The molecule has 3 aliphatic rings. The lowest BCUT2D eigenvalue weighted by Gasteiger charge is -2.57. The summed E-state index contributed by atoms with van der Waals surface area (Å²) in [5.41, 5.74) is -1.13. The second kappa shape index (κ2) is 7.94. The third-order valence-corrected chi connectivity index (χ3v) is 6.37. The van der Waals surface area contributed by atoms with E-state index in [-0.39, 0.29) is 12.3 Å². The second-order valence-corrected chi connectivity index (χ2v) is 9.47. The van der Waals surface area contributed by atoms with Crippen molar-refractivity contribution in [3.8, 4) is 11.8 Å². The Hall–Kier alpha value is -1.40. The first-order valence-electron chi connectivity index (χ1n) is 10.5. The summed E-state index contributed by atoms with van der Waals surface area (Å²) in [4.78, 5) is 14.8. The molecule has 30 heavy (non-hydrogen) atoms. The molecule has 1 aliphatic carbocycles. The highest BCUT2D eigenvalue weighted by molar-refractivity contribution is 5.70. The van der Waals surface area contributed by atoms with Crippen LogP contribution in [0.4, 0.5) is 9.18 Å². The summed E-state index contributed by atoms with van der Waals surface area (Å²) in [5.74, 6) is 3.38. The molecule has 2 saturated heterocycles. The summed E-state index contributed by atoms with van der Waals surface area (Å²) in [5, 5.41) is 0. The number of hydrogen-bond donors (Lipinski definition) is 0. The number of rotatable bonds is 3. The number of amides is 1. The van der Waals surface area contributed by atoms with Crippen LogP contribution in [0.2, 0.25) is 0 Å². The Bertz CT molecular complexity index is 723. The van der Waals surface area contributed by atoms with Crippen LogP contribution in [-0.2, 0) is 23.7 Å². The Kier molecular flexibility index (Phi) is 6.16. The van der Waals surface area contributed by atoms with Gasteiger partial charge in [-0.05, 0) is 47.5 Å². The Labute approximate surface area is 178 Å². The van der Waals surface area contributed by atoms with Gasteiger partial charge in [-0.15, -0.1) is 5.92 Å². The lowest BCUT2D eigenvalue weighted by atomic mass is 9.81. The summed E-state index contributed by atoms with van der Waals surface area (Å²) < 4.78 is 42.4. The molecule has 1 saturated carbocycles. The number of fused-ring (bicyclic) bond motifs is 1. The van der Waals surface area contributed by atoms with E-state index in [1.54, 1.807) is 18.7 Å². The van der Waals surface area contributed by atoms with Crippen LogP contribution >= 0.6 is 0 Å². The molecule has 0 N–H and O–H groups in total. The molecule has 2 aliphatic heterocycles. The fourth-order valence-corrected chi connectivity index (χ4v) is 4.36. The molecular formula is C22H34FNO6. The smallest absolute Gasteiger partial charge is 0.410 e. The molecule has 7 nitrogen and oxygen atoms in total. The van der Waals surface area contributed by atoms with Gasteiger partial charge < -0.3 is 23.7 Å². The van der Waals surface area contributed by atoms with Crippen molar-refractivity contribution >= 4 is 6.09 Å². The normalized spacial score (nSPS) is 37.2. The van der Waals surface area contributed by atoms with Crippen LogP contribution in [0.25, 0.3) is 0 Å². The van der Waals surface area contributed by atoms with E-state index in [9.17, 15) is 9.18 Å². The lowest BCUT2D eigenvalue weighted by Crippen LogP contribution is -2.72. The van der Waals surface area contributed by atoms with Gasteiger partial charge in [-0.1, -0.05) is 5.92 Å². The first kappa shape index (κ1) is 23.3. The fourth-order valence-electron chi connectivity index (χ4n) is 4.36. The number of piperidine rings is 1. The zero-order valence-corrected chi connectivity index (χ0v) is 19.0. The Morgan fingerprint density at radius 3 is 2.27 bits per heavy atom. The third-order valence-electron chi connectivity index (χ3n) is 6.37. The first-order chi connectivity index (χ1) is 14.0. The summed E-state index contributed by atoms with van der Waals surface area (Å²) in [6.07, 6.45) is 0.332. The molecule has 0 aromatic heterocycles. The van der Waals surface area contributed by atoms with Crippen molar-refractivity contribution < 1.29 is 32.9 Å². The Balaban J connectivity index is 1.98. The standard InChI is InChI=1S/C22H34FNO6/c1-19(2,3)30-18(25)24-14-16-17(15(10-8-9-13-23)22(24)11-12-22)29-21(5,27-7)20(4,26-6)28-16/h15-17H,9,11-14H2,1-7H3/t15-,16-,17-,20?,21?/m1/s1. The molecule has 0 aromatic rings. The molecule has 0 bridgehead atoms. The van der Waals surface area contributed by atoms with Gasteiger partial charge >= 0.3 is 6.09 Å². The van der Waals surface area contributed by atoms with E-state index in [0.717, 1.165) is 12.8 Å². The highest BCUT2D eigenvalue weighted by Crippen LogP contribution is 2.56. The summed E-state index contributed by atoms with van der Waals surface area (Å²) in [6, 6.07) is 0. The highest BCUT2D eigenvalue weighted by atomic mass is 19.1. The first-order valence-corrected chi connectivity index (χ1v) is 10.5. The van der Waals surface area contributed by atoms with E-state index in [4.69, 9.17) is 23.7 Å². The number of carbonyl (C=O) groups excluding carboxylic acids is 1. The molecule has 1 spiro atoms. The van der Waals surface area contributed by atoms with Crippen molar-refractivity contribution in [2.75, 3.05) is 27.4 Å². The third kappa shape index (κ3) is 3.93. The molecule has 3 rings (SSSR count). The highest BCUT2D eigenvalue weighted by Gasteiger charge is 2.68. The van der Waals surface area contributed by atoms with Gasteiger partial charge in [0.2, 0.25) is 11.6 Å². The van der Waals surface area contributed by atoms with E-state index in [0.29, 0.717) is 6.54 Å². The van der Waals surface area contributed by atoms with Gasteiger partial charge in [-0.3, -0.25) is 9.29 Å². The number of hydrogen-bond acceptors (Lipinski definition) is 6. The van der Waals surface area contributed by atoms with Crippen LogP contribution in [0.5, 0.6) is 0 Å². The Morgan fingerprint density at radius 1 is 1.17 bits per heavy atom. The summed E-state index contributed by atoms with van der Waals surface area (Å²) in [6.45, 7) is 8.78. The van der Waals surface area contributed by atoms with E-state index in [1.165, 1.54) is 14.2 Å². The lowest BCUT2D eigenvalue weighted by molar-refractivity contribution is -0.456. The quantitative estimate of drug-likeness (QED) is 0.644. The van der Waals surface area contributed by atoms with E-state index in [2.05, 4.69) is 11.8 Å². The minimum atomic E-state index is -1.19. The van der Waals surface area contributed by atoms with E-state index in [1.807, 2.05) is 20.8 Å². The maximum atomic E-state index is 13.1. The van der Waals surface area contributed by atoms with Crippen molar-refractivity contribution in [3.05, 3.63) is 0 Å². The van der Waals surface area contributed by atoms with E-state index >= 15 is 0 Å². The van der Waals surface area contributed by atoms with Crippen LogP contribution in [0.1, 0.15) is 53.9 Å². The van der Waals surface area contributed by atoms with Crippen molar-refractivity contribution in [1.82, 2.24) is 4.90 Å². The topological polar surface area (TPSA) is 66.5 Å². The number of methoxy groups -OCH3 is 2. The molecular weight excluding hydrogens is 393 g/mol. The maximum absolute atomic E-state index is 13.1. The number of ether oxygens (including phenoxy) is 5. The van der Waals surface area contributed by atoms with Gasteiger partial charge in [0.25, 0.3) is 0 Å². The van der Waals surface area contributed by atoms with Gasteiger partial charge in [0.05, 0.1) is 18.0 Å². The molecule has 170 valence electrons. The van der Waals surface area contributed by atoms with Crippen LogP contribution in [0, 0.1) is 17.8 Å². The Morgan fingerprint density at radius 2 is 1.77 bits per heavy atom. The molecule has 0 radical (unpaired) electrons.